The van der Waals surface area contributed by atoms with Crippen LogP contribution in [0.4, 0.5) is 0 Å². The standard InChI is InChI=1S/C13H22N2O/c1-9-8-15(7-6-14-9)13(16)12-10-4-2-3-5-11(10)12/h9-12,14H,2-8H2,1H3/t9-,10?,11?,12?/m1/s1. The number of piperazine rings is 1. The fourth-order valence-corrected chi connectivity index (χ4v) is 3.70. The van der Waals surface area contributed by atoms with E-state index in [9.17, 15) is 4.79 Å². The molecule has 2 saturated carbocycles. The monoisotopic (exact) mass is 222 g/mol. The largest absolute Gasteiger partial charge is 0.340 e. The molecule has 3 nitrogen and oxygen atoms in total. The van der Waals surface area contributed by atoms with Gasteiger partial charge in [0.2, 0.25) is 5.91 Å². The number of hydrogen-bond acceptors (Lipinski definition) is 2. The molecule has 3 rings (SSSR count). The van der Waals surface area contributed by atoms with Crippen molar-refractivity contribution < 1.29 is 4.79 Å². The highest BCUT2D eigenvalue weighted by molar-refractivity contribution is 5.82. The lowest BCUT2D eigenvalue weighted by Gasteiger charge is -2.32. The Labute approximate surface area is 97.6 Å². The zero-order chi connectivity index (χ0) is 11.1. The minimum atomic E-state index is 0.410. The summed E-state index contributed by atoms with van der Waals surface area (Å²) >= 11 is 0. The van der Waals surface area contributed by atoms with Gasteiger partial charge in [-0.2, -0.15) is 0 Å². The summed E-state index contributed by atoms with van der Waals surface area (Å²) in [5, 5.41) is 3.39. The lowest BCUT2D eigenvalue weighted by molar-refractivity contribution is -0.134. The van der Waals surface area contributed by atoms with Crippen molar-refractivity contribution in [1.29, 1.82) is 0 Å². The van der Waals surface area contributed by atoms with Gasteiger partial charge in [-0.3, -0.25) is 4.79 Å². The third-order valence-corrected chi connectivity index (χ3v) is 4.62. The Morgan fingerprint density at radius 3 is 2.56 bits per heavy atom. The van der Waals surface area contributed by atoms with Crippen LogP contribution in [0.3, 0.4) is 0 Å². The summed E-state index contributed by atoms with van der Waals surface area (Å²) in [7, 11) is 0. The normalized spacial score (nSPS) is 42.7. The molecule has 0 bridgehead atoms. The molecule has 0 spiro atoms. The molecule has 1 N–H and O–H groups in total. The molecular formula is C13H22N2O. The van der Waals surface area contributed by atoms with E-state index in [1.54, 1.807) is 0 Å². The number of nitrogens with one attached hydrogen (secondary N) is 1. The summed E-state index contributed by atoms with van der Waals surface area (Å²) in [6, 6.07) is 0.471. The van der Waals surface area contributed by atoms with Crippen LogP contribution in [-0.2, 0) is 4.79 Å². The van der Waals surface area contributed by atoms with Gasteiger partial charge in [0.05, 0.1) is 0 Å². The Hall–Kier alpha value is -0.570. The second-order valence-electron chi connectivity index (χ2n) is 5.78. The third kappa shape index (κ3) is 1.75. The van der Waals surface area contributed by atoms with E-state index >= 15 is 0 Å². The number of carbonyl (C=O) groups excluding carboxylic acids is 1. The van der Waals surface area contributed by atoms with E-state index in [-0.39, 0.29) is 0 Å². The summed E-state index contributed by atoms with van der Waals surface area (Å²) in [6.45, 7) is 4.96. The molecule has 1 saturated heterocycles. The van der Waals surface area contributed by atoms with Gasteiger partial charge < -0.3 is 10.2 Å². The van der Waals surface area contributed by atoms with Gasteiger partial charge in [0.1, 0.15) is 0 Å². The van der Waals surface area contributed by atoms with Gasteiger partial charge in [0.25, 0.3) is 0 Å². The number of rotatable bonds is 1. The van der Waals surface area contributed by atoms with E-state index in [4.69, 9.17) is 0 Å². The van der Waals surface area contributed by atoms with E-state index in [1.807, 2.05) is 0 Å². The molecule has 0 aromatic rings. The zero-order valence-corrected chi connectivity index (χ0v) is 10.1. The maximum Gasteiger partial charge on any atom is 0.226 e. The van der Waals surface area contributed by atoms with E-state index in [0.717, 1.165) is 31.5 Å². The predicted molar refractivity (Wildman–Crippen MR) is 63.0 cm³/mol. The number of nitrogens with zero attached hydrogens (tertiary/aromatic N) is 1. The average molecular weight is 222 g/mol. The lowest BCUT2D eigenvalue weighted by Crippen LogP contribution is -2.52. The van der Waals surface area contributed by atoms with Crippen molar-refractivity contribution in [1.82, 2.24) is 10.2 Å². The molecule has 2 unspecified atom stereocenters. The highest BCUT2D eigenvalue weighted by Crippen LogP contribution is 2.56. The molecule has 1 amide bonds. The predicted octanol–water partition coefficient (Wildman–Crippen LogP) is 1.24. The topological polar surface area (TPSA) is 32.3 Å². The van der Waals surface area contributed by atoms with Crippen LogP contribution < -0.4 is 5.32 Å². The van der Waals surface area contributed by atoms with Crippen molar-refractivity contribution in [3.05, 3.63) is 0 Å². The number of amides is 1. The number of carbonyl (C=O) groups is 1. The smallest absolute Gasteiger partial charge is 0.226 e. The molecule has 3 atom stereocenters. The van der Waals surface area contributed by atoms with E-state index < -0.39 is 0 Å². The minimum Gasteiger partial charge on any atom is -0.340 e. The van der Waals surface area contributed by atoms with Crippen LogP contribution in [0.25, 0.3) is 0 Å². The fraction of sp³-hybridized carbons (Fsp3) is 0.923. The van der Waals surface area contributed by atoms with Crippen LogP contribution in [0, 0.1) is 17.8 Å². The SMILES string of the molecule is C[C@@H]1CN(C(=O)C2C3CCCCC32)CCN1. The van der Waals surface area contributed by atoms with Crippen molar-refractivity contribution >= 4 is 5.91 Å². The van der Waals surface area contributed by atoms with Gasteiger partial charge in [-0.05, 0) is 31.6 Å². The average Bonchev–Trinajstić information content (AvgIpc) is 3.02. The van der Waals surface area contributed by atoms with Gasteiger partial charge >= 0.3 is 0 Å². The first-order valence-electron chi connectivity index (χ1n) is 6.79. The molecule has 0 radical (unpaired) electrons. The van der Waals surface area contributed by atoms with Gasteiger partial charge in [0.15, 0.2) is 0 Å². The Morgan fingerprint density at radius 1 is 1.25 bits per heavy atom. The van der Waals surface area contributed by atoms with Crippen molar-refractivity contribution in [2.75, 3.05) is 19.6 Å². The minimum absolute atomic E-state index is 0.410. The van der Waals surface area contributed by atoms with Crippen LogP contribution in [0.15, 0.2) is 0 Å². The van der Waals surface area contributed by atoms with Crippen molar-refractivity contribution in [3.63, 3.8) is 0 Å². The number of fused-ring (bicyclic) bond motifs is 1. The Balaban J connectivity index is 1.61. The van der Waals surface area contributed by atoms with Crippen LogP contribution in [0.5, 0.6) is 0 Å². The Bertz CT molecular complexity index is 276. The maximum atomic E-state index is 12.4. The molecule has 1 heterocycles. The first-order chi connectivity index (χ1) is 7.77. The van der Waals surface area contributed by atoms with Crippen LogP contribution in [0.2, 0.25) is 0 Å². The van der Waals surface area contributed by atoms with Crippen LogP contribution >= 0.6 is 0 Å². The molecule has 0 aromatic heterocycles. The molecule has 3 aliphatic rings. The quantitative estimate of drug-likeness (QED) is 0.724. The summed E-state index contributed by atoms with van der Waals surface area (Å²) < 4.78 is 0. The van der Waals surface area contributed by atoms with Gasteiger partial charge in [-0.1, -0.05) is 12.8 Å². The maximum absolute atomic E-state index is 12.4. The molecule has 16 heavy (non-hydrogen) atoms. The molecule has 1 aliphatic heterocycles. The van der Waals surface area contributed by atoms with Gasteiger partial charge in [-0.25, -0.2) is 0 Å². The second kappa shape index (κ2) is 4.02. The first-order valence-corrected chi connectivity index (χ1v) is 6.79. The lowest BCUT2D eigenvalue weighted by atomic mass is 10.0. The fourth-order valence-electron chi connectivity index (χ4n) is 3.70. The Kier molecular flexibility index (Phi) is 2.66. The second-order valence-corrected chi connectivity index (χ2v) is 5.78. The Morgan fingerprint density at radius 2 is 1.94 bits per heavy atom. The van der Waals surface area contributed by atoms with E-state index in [0.29, 0.717) is 17.9 Å². The summed E-state index contributed by atoms with van der Waals surface area (Å²) in [5.74, 6) is 2.39. The molecular weight excluding hydrogens is 200 g/mol. The summed E-state index contributed by atoms with van der Waals surface area (Å²) in [4.78, 5) is 14.5. The molecule has 3 heteroatoms. The highest BCUT2D eigenvalue weighted by atomic mass is 16.2. The van der Waals surface area contributed by atoms with Crippen molar-refractivity contribution in [2.45, 2.75) is 38.6 Å². The van der Waals surface area contributed by atoms with Crippen molar-refractivity contribution in [3.8, 4) is 0 Å². The van der Waals surface area contributed by atoms with Crippen LogP contribution in [-0.4, -0.2) is 36.5 Å². The summed E-state index contributed by atoms with van der Waals surface area (Å²) in [6.07, 6.45) is 5.32. The molecule has 0 aromatic carbocycles. The van der Waals surface area contributed by atoms with Gasteiger partial charge in [-0.15, -0.1) is 0 Å². The highest BCUT2D eigenvalue weighted by Gasteiger charge is 2.55. The zero-order valence-electron chi connectivity index (χ0n) is 10.1. The number of hydrogen-bond donors (Lipinski definition) is 1. The van der Waals surface area contributed by atoms with Crippen LogP contribution in [0.1, 0.15) is 32.6 Å². The van der Waals surface area contributed by atoms with E-state index in [2.05, 4.69) is 17.1 Å². The first kappa shape index (κ1) is 10.6. The van der Waals surface area contributed by atoms with Crippen molar-refractivity contribution in [2.24, 2.45) is 17.8 Å². The van der Waals surface area contributed by atoms with E-state index in [1.165, 1.54) is 25.7 Å². The molecule has 2 aliphatic carbocycles. The van der Waals surface area contributed by atoms with Gasteiger partial charge in [0, 0.05) is 31.6 Å². The molecule has 90 valence electrons. The molecule has 3 fully saturated rings. The summed E-state index contributed by atoms with van der Waals surface area (Å²) in [5.41, 5.74) is 0. The third-order valence-electron chi connectivity index (χ3n) is 4.62.